The van der Waals surface area contributed by atoms with Crippen LogP contribution in [0.4, 0.5) is 0 Å². The van der Waals surface area contributed by atoms with Crippen molar-refractivity contribution < 1.29 is 10.2 Å². The molecule has 0 aromatic carbocycles. The summed E-state index contributed by atoms with van der Waals surface area (Å²) in [5.74, 6) is 0. The molecule has 0 saturated carbocycles. The van der Waals surface area contributed by atoms with Gasteiger partial charge >= 0.3 is 0 Å². The van der Waals surface area contributed by atoms with E-state index in [1.54, 1.807) is 0 Å². The summed E-state index contributed by atoms with van der Waals surface area (Å²) in [6, 6.07) is 0. The van der Waals surface area contributed by atoms with Crippen LogP contribution in [0.3, 0.4) is 0 Å². The molecule has 22 heavy (non-hydrogen) atoms. The summed E-state index contributed by atoms with van der Waals surface area (Å²) in [7, 11) is 0. The molecule has 2 N–H and O–H groups in total. The highest BCUT2D eigenvalue weighted by atomic mass is 16.3. The van der Waals surface area contributed by atoms with Crippen molar-refractivity contribution in [3.63, 3.8) is 0 Å². The van der Waals surface area contributed by atoms with Crippen molar-refractivity contribution in [2.75, 3.05) is 13.2 Å². The topological polar surface area (TPSA) is 40.5 Å². The highest BCUT2D eigenvalue weighted by Crippen LogP contribution is 1.39. The Balaban J connectivity index is -0.00000000925. The van der Waals surface area contributed by atoms with Gasteiger partial charge in [0.25, 0.3) is 0 Å². The van der Waals surface area contributed by atoms with Crippen LogP contribution in [0.25, 0.3) is 0 Å². The van der Waals surface area contributed by atoms with Gasteiger partial charge in [0.05, 0.1) is 13.2 Å². The van der Waals surface area contributed by atoms with Crippen molar-refractivity contribution in [2.45, 2.75) is 0 Å². The first-order valence-corrected chi connectivity index (χ1v) is 4.13. The minimum absolute atomic E-state index is 0.125. The maximum atomic E-state index is 7.62. The predicted molar refractivity (Wildman–Crippen MR) is 103 cm³/mol. The molecule has 116 valence electrons. The number of aliphatic hydroxyl groups is 2. The smallest absolute Gasteiger partial charge is 0.0662 e. The Bertz CT molecular complexity index is 161. The van der Waals surface area contributed by atoms with E-state index in [0.717, 1.165) is 0 Å². The minimum atomic E-state index is -0.125. The number of hydrogen-bond acceptors (Lipinski definition) is 2. The molecular weight excluding hydrogens is 272 g/mol. The molecule has 0 saturated heterocycles. The molecule has 0 aliphatic heterocycles. The van der Waals surface area contributed by atoms with Gasteiger partial charge in [0.2, 0.25) is 0 Å². The van der Waals surface area contributed by atoms with Gasteiger partial charge in [-0.3, -0.25) is 0 Å². The first-order chi connectivity index (χ1) is 10.9. The lowest BCUT2D eigenvalue weighted by Crippen LogP contribution is -1.85. The van der Waals surface area contributed by atoms with E-state index in [-0.39, 0.29) is 13.2 Å². The van der Waals surface area contributed by atoms with Crippen molar-refractivity contribution in [1.82, 2.24) is 0 Å². The van der Waals surface area contributed by atoms with Crippen molar-refractivity contribution in [1.29, 1.82) is 0 Å². The van der Waals surface area contributed by atoms with Gasteiger partial charge in [-0.15, -0.1) is 116 Å². The van der Waals surface area contributed by atoms with Crippen LogP contribution in [-0.2, 0) is 0 Å². The van der Waals surface area contributed by atoms with E-state index in [1.165, 1.54) is 0 Å². The van der Waals surface area contributed by atoms with E-state index in [9.17, 15) is 0 Å². The summed E-state index contributed by atoms with van der Waals surface area (Å²) in [6.07, 6.45) is 72.0. The van der Waals surface area contributed by atoms with Gasteiger partial charge in [-0.2, -0.15) is 0 Å². The first-order valence-electron chi connectivity index (χ1n) is 4.13. The van der Waals surface area contributed by atoms with Crippen LogP contribution in [0.1, 0.15) is 0 Å². The highest BCUT2D eigenvalue weighted by molar-refractivity contribution is 4.48. The highest BCUT2D eigenvalue weighted by Gasteiger charge is 1.58. The summed E-state index contributed by atoms with van der Waals surface area (Å²) < 4.78 is 0. The number of rotatable bonds is 1. The maximum absolute atomic E-state index is 7.62. The Labute approximate surface area is 139 Å². The van der Waals surface area contributed by atoms with E-state index in [0.29, 0.717) is 0 Å². The molecule has 0 aromatic heterocycles. The Hall–Kier alpha value is -4.04. The van der Waals surface area contributed by atoms with Gasteiger partial charge in [0.1, 0.15) is 0 Å². The van der Waals surface area contributed by atoms with Gasteiger partial charge in [-0.05, 0) is 0 Å². The zero-order valence-electron chi connectivity index (χ0n) is 12.7. The lowest BCUT2D eigenvalue weighted by molar-refractivity contribution is 0.186. The third-order valence-corrected chi connectivity index (χ3v) is 0.1000. The summed E-state index contributed by atoms with van der Waals surface area (Å²) in [4.78, 5) is 0. The van der Waals surface area contributed by atoms with Crippen LogP contribution in [0, 0.1) is 116 Å². The molecule has 0 heterocycles. The van der Waals surface area contributed by atoms with Crippen molar-refractivity contribution in [3.05, 3.63) is 0 Å². The van der Waals surface area contributed by atoms with Crippen molar-refractivity contribution in [3.8, 4) is 116 Å². The maximum Gasteiger partial charge on any atom is 0.0662 e. The zero-order valence-corrected chi connectivity index (χ0v) is 12.7. The molecule has 0 spiro atoms. The molecule has 2 nitrogen and oxygen atoms in total. The fraction of sp³-hybridized carbons (Fsp3) is 0.100. The molecule has 0 unspecified atom stereocenters. The third kappa shape index (κ3) is 386. The second-order valence-electron chi connectivity index (χ2n) is 0.447. The minimum Gasteiger partial charge on any atom is -0.394 e. The average Bonchev–Trinajstić information content (AvgIpc) is 2.75. The van der Waals surface area contributed by atoms with E-state index in [1.807, 2.05) is 0 Å². The van der Waals surface area contributed by atoms with Gasteiger partial charge in [0.15, 0.2) is 0 Å². The summed E-state index contributed by atoms with van der Waals surface area (Å²) >= 11 is 0. The van der Waals surface area contributed by atoms with Crippen LogP contribution in [0.5, 0.6) is 0 Å². The van der Waals surface area contributed by atoms with E-state index in [2.05, 4.69) is 116 Å². The quantitative estimate of drug-likeness (QED) is 0.714. The monoisotopic (exact) mass is 296 g/mol. The van der Waals surface area contributed by atoms with Crippen LogP contribution >= 0.6 is 0 Å². The lowest BCUT2D eigenvalue weighted by Gasteiger charge is -1.70. The standard InChI is InChI=1S/C2H6O2.9C2H2/c3-1-2-4;9*1-2/h3-4H,1-2H2;9*1-2H. The molecule has 0 atom stereocenters. The Morgan fingerprint density at radius 1 is 0.273 bits per heavy atom. The Morgan fingerprint density at radius 3 is 0.318 bits per heavy atom. The summed E-state index contributed by atoms with van der Waals surface area (Å²) in [6.45, 7) is -0.250. The molecule has 0 bridgehead atoms. The predicted octanol–water partition coefficient (Wildman–Crippen LogP) is 1.22. The van der Waals surface area contributed by atoms with Crippen LogP contribution in [0.2, 0.25) is 0 Å². The van der Waals surface area contributed by atoms with Crippen LogP contribution < -0.4 is 0 Å². The van der Waals surface area contributed by atoms with E-state index < -0.39 is 0 Å². The molecular formula is C20H24O2. The van der Waals surface area contributed by atoms with Gasteiger partial charge in [-0.25, -0.2) is 0 Å². The van der Waals surface area contributed by atoms with E-state index >= 15 is 0 Å². The second kappa shape index (κ2) is 1040. The molecule has 0 aliphatic rings. The molecule has 0 fully saturated rings. The van der Waals surface area contributed by atoms with Gasteiger partial charge < -0.3 is 10.2 Å². The van der Waals surface area contributed by atoms with Crippen molar-refractivity contribution >= 4 is 0 Å². The first kappa shape index (κ1) is 81.5. The number of hydrogen-bond donors (Lipinski definition) is 2. The normalized spacial score (nSPS) is 2.18. The fourth-order valence-electron chi connectivity index (χ4n) is 0. The molecule has 0 amide bonds. The van der Waals surface area contributed by atoms with Crippen molar-refractivity contribution in [2.24, 2.45) is 0 Å². The largest absolute Gasteiger partial charge is 0.394 e. The summed E-state index contributed by atoms with van der Waals surface area (Å²) in [5, 5.41) is 15.2. The fourth-order valence-corrected chi connectivity index (χ4v) is 0. The van der Waals surface area contributed by atoms with Crippen LogP contribution in [0.15, 0.2) is 0 Å². The van der Waals surface area contributed by atoms with Crippen LogP contribution in [-0.4, -0.2) is 23.4 Å². The number of terminal acetylenes is 9. The number of aliphatic hydroxyl groups excluding tert-OH is 2. The zero-order chi connectivity index (χ0) is 21.4. The SMILES string of the molecule is C#C.C#C.C#C.C#C.C#C.C#C.C#C.C#C.C#C.OCCO. The molecule has 2 heteroatoms. The van der Waals surface area contributed by atoms with E-state index in [4.69, 9.17) is 10.2 Å². The third-order valence-electron chi connectivity index (χ3n) is 0.1000. The van der Waals surface area contributed by atoms with Gasteiger partial charge in [0, 0.05) is 0 Å². The molecule has 0 rings (SSSR count). The Morgan fingerprint density at radius 2 is 0.318 bits per heavy atom. The summed E-state index contributed by atoms with van der Waals surface area (Å²) in [5.41, 5.74) is 0. The molecule has 0 aromatic rings. The lowest BCUT2D eigenvalue weighted by atomic mass is 10.8. The van der Waals surface area contributed by atoms with Gasteiger partial charge in [-0.1, -0.05) is 0 Å². The Kier molecular flexibility index (Phi) is 3850. The molecule has 0 aliphatic carbocycles. The second-order valence-corrected chi connectivity index (χ2v) is 0.447. The molecule has 0 radical (unpaired) electrons. The average molecular weight is 296 g/mol.